The Hall–Kier alpha value is -3.29. The smallest absolute Gasteiger partial charge is 0.294 e. The van der Waals surface area contributed by atoms with E-state index in [0.717, 1.165) is 33.0 Å². The number of ether oxygens (including phenoxy) is 1. The number of anilines is 1. The van der Waals surface area contributed by atoms with E-state index >= 15 is 0 Å². The summed E-state index contributed by atoms with van der Waals surface area (Å²) in [7, 11) is 1.55. The number of hydrogen-bond acceptors (Lipinski definition) is 5. The molecule has 32 heavy (non-hydrogen) atoms. The highest BCUT2D eigenvalue weighted by Crippen LogP contribution is 2.36. The lowest BCUT2D eigenvalue weighted by atomic mass is 10.0. The third kappa shape index (κ3) is 4.35. The minimum Gasteiger partial charge on any atom is -0.496 e. The van der Waals surface area contributed by atoms with Crippen molar-refractivity contribution >= 4 is 63.0 Å². The van der Waals surface area contributed by atoms with Gasteiger partial charge in [-0.15, -0.1) is 0 Å². The maximum Gasteiger partial charge on any atom is 0.294 e. The first-order valence-corrected chi connectivity index (χ1v) is 10.9. The number of methoxy groups -OCH3 is 1. The van der Waals surface area contributed by atoms with E-state index in [1.165, 1.54) is 0 Å². The fourth-order valence-corrected chi connectivity index (χ4v) is 4.39. The summed E-state index contributed by atoms with van der Waals surface area (Å²) in [6, 6.07) is 16.6. The molecular formula is C24H19ClN2O4S. The van der Waals surface area contributed by atoms with Crippen LogP contribution >= 0.6 is 23.4 Å². The summed E-state index contributed by atoms with van der Waals surface area (Å²) in [6.45, 7) is 1.46. The van der Waals surface area contributed by atoms with E-state index in [0.29, 0.717) is 22.0 Å². The summed E-state index contributed by atoms with van der Waals surface area (Å²) in [4.78, 5) is 39.0. The number of nitrogens with one attached hydrogen (secondary N) is 1. The minimum absolute atomic E-state index is 0.232. The van der Waals surface area contributed by atoms with Crippen LogP contribution in [0.1, 0.15) is 11.1 Å². The number of carbonyl (C=O) groups is 3. The van der Waals surface area contributed by atoms with Crippen molar-refractivity contribution in [3.05, 3.63) is 75.7 Å². The molecule has 6 nitrogen and oxygen atoms in total. The molecule has 1 aliphatic rings. The minimum atomic E-state index is -0.521. The van der Waals surface area contributed by atoms with Gasteiger partial charge in [0.2, 0.25) is 5.91 Å². The highest BCUT2D eigenvalue weighted by molar-refractivity contribution is 8.18. The summed E-state index contributed by atoms with van der Waals surface area (Å²) in [5.74, 6) is -0.423. The SMILES string of the molecule is COc1ccc2ccccc2c1/C=C1/SC(=O)N(CC(=O)Nc2ccc(C)c(Cl)c2)C1=O. The van der Waals surface area contributed by atoms with Crippen LogP contribution in [0.5, 0.6) is 5.75 Å². The van der Waals surface area contributed by atoms with Crippen LogP contribution in [0.2, 0.25) is 5.02 Å². The summed E-state index contributed by atoms with van der Waals surface area (Å²) in [5, 5.41) is 4.56. The molecule has 1 aliphatic heterocycles. The van der Waals surface area contributed by atoms with Crippen molar-refractivity contribution in [1.29, 1.82) is 0 Å². The number of imide groups is 1. The maximum atomic E-state index is 12.9. The Morgan fingerprint density at radius 2 is 1.94 bits per heavy atom. The second kappa shape index (κ2) is 9.06. The molecule has 162 valence electrons. The van der Waals surface area contributed by atoms with Crippen LogP contribution in [0.15, 0.2) is 59.5 Å². The van der Waals surface area contributed by atoms with Crippen molar-refractivity contribution in [3.63, 3.8) is 0 Å². The van der Waals surface area contributed by atoms with Gasteiger partial charge in [0.05, 0.1) is 12.0 Å². The van der Waals surface area contributed by atoms with Crippen LogP contribution in [-0.2, 0) is 9.59 Å². The molecule has 1 fully saturated rings. The lowest BCUT2D eigenvalue weighted by Crippen LogP contribution is -2.36. The van der Waals surface area contributed by atoms with Crippen LogP contribution in [0.25, 0.3) is 16.8 Å². The van der Waals surface area contributed by atoms with Gasteiger partial charge in [0.15, 0.2) is 0 Å². The number of hydrogen-bond donors (Lipinski definition) is 1. The predicted molar refractivity (Wildman–Crippen MR) is 128 cm³/mol. The van der Waals surface area contributed by atoms with Gasteiger partial charge in [-0.2, -0.15) is 0 Å². The van der Waals surface area contributed by atoms with E-state index in [9.17, 15) is 14.4 Å². The van der Waals surface area contributed by atoms with Crippen molar-refractivity contribution in [1.82, 2.24) is 4.90 Å². The van der Waals surface area contributed by atoms with Gasteiger partial charge in [-0.3, -0.25) is 19.3 Å². The molecule has 1 heterocycles. The average molecular weight is 467 g/mol. The molecule has 0 spiro atoms. The van der Waals surface area contributed by atoms with E-state index in [2.05, 4.69) is 5.32 Å². The molecule has 0 unspecified atom stereocenters. The van der Waals surface area contributed by atoms with E-state index in [4.69, 9.17) is 16.3 Å². The second-order valence-corrected chi connectivity index (χ2v) is 8.58. The molecular weight excluding hydrogens is 448 g/mol. The quantitative estimate of drug-likeness (QED) is 0.503. The van der Waals surface area contributed by atoms with Gasteiger partial charge in [0.1, 0.15) is 12.3 Å². The van der Waals surface area contributed by atoms with Gasteiger partial charge in [0.25, 0.3) is 11.1 Å². The molecule has 0 aliphatic carbocycles. The number of benzene rings is 3. The first-order valence-electron chi connectivity index (χ1n) is 9.74. The van der Waals surface area contributed by atoms with Gasteiger partial charge in [-0.05, 0) is 59.3 Å². The molecule has 0 aromatic heterocycles. The summed E-state index contributed by atoms with van der Waals surface area (Å²) in [5.41, 5.74) is 2.08. The van der Waals surface area contributed by atoms with Gasteiger partial charge >= 0.3 is 0 Å². The fourth-order valence-electron chi connectivity index (χ4n) is 3.38. The molecule has 1 saturated heterocycles. The van der Waals surface area contributed by atoms with E-state index in [1.807, 2.05) is 43.3 Å². The lowest BCUT2D eigenvalue weighted by Gasteiger charge is -2.13. The molecule has 1 N–H and O–H groups in total. The standard InChI is InChI=1S/C24H19ClN2O4S/c1-14-7-9-16(11-19(14)25)26-22(28)13-27-23(29)21(32-24(27)30)12-18-17-6-4-3-5-15(17)8-10-20(18)31-2/h3-12H,13H2,1-2H3,(H,26,28)/b21-12+. The van der Waals surface area contributed by atoms with E-state index in [-0.39, 0.29) is 11.4 Å². The van der Waals surface area contributed by atoms with E-state index < -0.39 is 17.1 Å². The Bertz CT molecular complexity index is 1290. The number of aryl methyl sites for hydroxylation is 1. The molecule has 0 atom stereocenters. The zero-order valence-electron chi connectivity index (χ0n) is 17.3. The van der Waals surface area contributed by atoms with Crippen molar-refractivity contribution < 1.29 is 19.1 Å². The first-order chi connectivity index (χ1) is 15.4. The number of nitrogens with zero attached hydrogens (tertiary/aromatic N) is 1. The topological polar surface area (TPSA) is 75.7 Å². The first kappa shape index (κ1) is 21.9. The monoisotopic (exact) mass is 466 g/mol. The third-order valence-corrected chi connectivity index (χ3v) is 6.37. The van der Waals surface area contributed by atoms with E-state index in [1.54, 1.807) is 31.4 Å². The summed E-state index contributed by atoms with van der Waals surface area (Å²) < 4.78 is 5.46. The van der Waals surface area contributed by atoms with Gasteiger partial charge in [-0.25, -0.2) is 0 Å². The zero-order valence-corrected chi connectivity index (χ0v) is 18.9. The predicted octanol–water partition coefficient (Wildman–Crippen LogP) is 5.49. The number of amides is 3. The normalized spacial score (nSPS) is 15.0. The number of thioether (sulfide) groups is 1. The van der Waals surface area contributed by atoms with Crippen LogP contribution in [0.4, 0.5) is 10.5 Å². The molecule has 0 radical (unpaired) electrons. The van der Waals surface area contributed by atoms with Gasteiger partial charge < -0.3 is 10.1 Å². The Morgan fingerprint density at radius 1 is 1.16 bits per heavy atom. The highest BCUT2D eigenvalue weighted by atomic mass is 35.5. The van der Waals surface area contributed by atoms with Crippen LogP contribution < -0.4 is 10.1 Å². The molecule has 8 heteroatoms. The number of rotatable bonds is 5. The maximum absolute atomic E-state index is 12.9. The summed E-state index contributed by atoms with van der Waals surface area (Å²) >= 11 is 6.88. The van der Waals surface area contributed by atoms with Crippen LogP contribution in [0, 0.1) is 6.92 Å². The second-order valence-electron chi connectivity index (χ2n) is 7.18. The highest BCUT2D eigenvalue weighted by Gasteiger charge is 2.36. The summed E-state index contributed by atoms with van der Waals surface area (Å²) in [6.07, 6.45) is 1.64. The largest absolute Gasteiger partial charge is 0.496 e. The van der Waals surface area contributed by atoms with Crippen molar-refractivity contribution in [2.75, 3.05) is 19.0 Å². The molecule has 3 aromatic carbocycles. The number of halogens is 1. The Morgan fingerprint density at radius 3 is 2.69 bits per heavy atom. The number of carbonyl (C=O) groups excluding carboxylic acids is 3. The Labute approximate surface area is 194 Å². The third-order valence-electron chi connectivity index (χ3n) is 5.06. The van der Waals surface area contributed by atoms with Crippen molar-refractivity contribution in [3.8, 4) is 5.75 Å². The molecule has 0 bridgehead atoms. The molecule has 3 amide bonds. The van der Waals surface area contributed by atoms with Crippen molar-refractivity contribution in [2.24, 2.45) is 0 Å². The zero-order chi connectivity index (χ0) is 22.8. The van der Waals surface area contributed by atoms with Crippen LogP contribution in [0.3, 0.4) is 0 Å². The van der Waals surface area contributed by atoms with Crippen LogP contribution in [-0.4, -0.2) is 35.6 Å². The molecule has 3 aromatic rings. The lowest BCUT2D eigenvalue weighted by molar-refractivity contribution is -0.127. The van der Waals surface area contributed by atoms with Gasteiger partial charge in [-0.1, -0.05) is 48.0 Å². The Balaban J connectivity index is 1.57. The van der Waals surface area contributed by atoms with Gasteiger partial charge in [0, 0.05) is 16.3 Å². The Kier molecular flexibility index (Phi) is 6.21. The number of fused-ring (bicyclic) bond motifs is 1. The average Bonchev–Trinajstić information content (AvgIpc) is 3.04. The molecule has 4 rings (SSSR count). The molecule has 0 saturated carbocycles. The van der Waals surface area contributed by atoms with Crippen molar-refractivity contribution in [2.45, 2.75) is 6.92 Å². The fraction of sp³-hybridized carbons (Fsp3) is 0.125.